The SMILES string of the molecule is COc1ccc(F)cc1C(C=O)C(C)C. The Balaban J connectivity index is 3.19. The van der Waals surface area contributed by atoms with Crippen molar-refractivity contribution in [2.75, 3.05) is 7.11 Å². The van der Waals surface area contributed by atoms with Gasteiger partial charge in [0.25, 0.3) is 0 Å². The van der Waals surface area contributed by atoms with Crippen LogP contribution in [-0.2, 0) is 4.79 Å². The van der Waals surface area contributed by atoms with Gasteiger partial charge in [-0.25, -0.2) is 4.39 Å². The van der Waals surface area contributed by atoms with Gasteiger partial charge in [-0.15, -0.1) is 0 Å². The lowest BCUT2D eigenvalue weighted by Gasteiger charge is -2.17. The fourth-order valence-electron chi connectivity index (χ4n) is 1.56. The van der Waals surface area contributed by atoms with Gasteiger partial charge in [-0.05, 0) is 24.1 Å². The number of carbonyl (C=O) groups excluding carboxylic acids is 1. The lowest BCUT2D eigenvalue weighted by molar-refractivity contribution is -0.109. The number of hydrogen-bond donors (Lipinski definition) is 0. The second kappa shape index (κ2) is 4.91. The maximum Gasteiger partial charge on any atom is 0.127 e. The molecule has 1 aromatic carbocycles. The number of methoxy groups -OCH3 is 1. The van der Waals surface area contributed by atoms with E-state index >= 15 is 0 Å². The highest BCUT2D eigenvalue weighted by molar-refractivity contribution is 5.64. The Labute approximate surface area is 89.1 Å². The van der Waals surface area contributed by atoms with Gasteiger partial charge in [-0.2, -0.15) is 0 Å². The van der Waals surface area contributed by atoms with E-state index in [9.17, 15) is 9.18 Å². The summed E-state index contributed by atoms with van der Waals surface area (Å²) in [5.74, 6) is 0.00866. The fourth-order valence-corrected chi connectivity index (χ4v) is 1.56. The minimum absolute atomic E-state index is 0.123. The smallest absolute Gasteiger partial charge is 0.127 e. The van der Waals surface area contributed by atoms with Gasteiger partial charge in [-0.3, -0.25) is 0 Å². The van der Waals surface area contributed by atoms with Crippen LogP contribution in [0.25, 0.3) is 0 Å². The molecule has 0 radical (unpaired) electrons. The molecule has 1 unspecified atom stereocenters. The largest absolute Gasteiger partial charge is 0.496 e. The van der Waals surface area contributed by atoms with Crippen LogP contribution in [0.5, 0.6) is 5.75 Å². The summed E-state index contributed by atoms with van der Waals surface area (Å²) in [4.78, 5) is 10.9. The van der Waals surface area contributed by atoms with Crippen LogP contribution in [0.3, 0.4) is 0 Å². The monoisotopic (exact) mass is 210 g/mol. The Morgan fingerprint density at radius 1 is 1.40 bits per heavy atom. The first-order chi connectivity index (χ1) is 7.10. The van der Waals surface area contributed by atoms with Crippen molar-refractivity contribution in [2.45, 2.75) is 19.8 Å². The first-order valence-corrected chi connectivity index (χ1v) is 4.89. The molecular formula is C12H15FO2. The van der Waals surface area contributed by atoms with Crippen LogP contribution >= 0.6 is 0 Å². The van der Waals surface area contributed by atoms with Crippen molar-refractivity contribution in [2.24, 2.45) is 5.92 Å². The van der Waals surface area contributed by atoms with Crippen molar-refractivity contribution in [3.05, 3.63) is 29.6 Å². The number of benzene rings is 1. The molecule has 82 valence electrons. The lowest BCUT2D eigenvalue weighted by Crippen LogP contribution is -2.10. The van der Waals surface area contributed by atoms with Crippen molar-refractivity contribution in [3.8, 4) is 5.75 Å². The van der Waals surface area contributed by atoms with Crippen molar-refractivity contribution in [1.29, 1.82) is 0 Å². The van der Waals surface area contributed by atoms with Crippen molar-refractivity contribution >= 4 is 6.29 Å². The molecule has 0 saturated carbocycles. The molecule has 0 aromatic heterocycles. The maximum absolute atomic E-state index is 13.1. The van der Waals surface area contributed by atoms with Gasteiger partial charge in [0.05, 0.1) is 7.11 Å². The van der Waals surface area contributed by atoms with E-state index in [1.165, 1.54) is 19.2 Å². The van der Waals surface area contributed by atoms with Gasteiger partial charge >= 0.3 is 0 Å². The Morgan fingerprint density at radius 3 is 2.53 bits per heavy atom. The number of aldehydes is 1. The highest BCUT2D eigenvalue weighted by atomic mass is 19.1. The molecule has 1 aromatic rings. The molecular weight excluding hydrogens is 195 g/mol. The zero-order chi connectivity index (χ0) is 11.4. The Kier molecular flexibility index (Phi) is 3.83. The normalized spacial score (nSPS) is 12.6. The molecule has 1 atom stereocenters. The van der Waals surface area contributed by atoms with Gasteiger partial charge in [0, 0.05) is 11.5 Å². The summed E-state index contributed by atoms with van der Waals surface area (Å²) in [6.45, 7) is 3.84. The second-order valence-corrected chi connectivity index (χ2v) is 3.79. The van der Waals surface area contributed by atoms with Crippen LogP contribution in [0.4, 0.5) is 4.39 Å². The van der Waals surface area contributed by atoms with Crippen molar-refractivity contribution < 1.29 is 13.9 Å². The number of ether oxygens (including phenoxy) is 1. The van der Waals surface area contributed by atoms with Gasteiger partial charge < -0.3 is 9.53 Å². The molecule has 3 heteroatoms. The standard InChI is InChI=1S/C12H15FO2/c1-8(2)11(7-14)10-6-9(13)4-5-12(10)15-3/h4-8,11H,1-3H3. The molecule has 15 heavy (non-hydrogen) atoms. The first kappa shape index (κ1) is 11.7. The third kappa shape index (κ3) is 2.55. The minimum Gasteiger partial charge on any atom is -0.496 e. The van der Waals surface area contributed by atoms with E-state index in [0.717, 1.165) is 6.29 Å². The molecule has 0 heterocycles. The van der Waals surface area contributed by atoms with Gasteiger partial charge in [0.2, 0.25) is 0 Å². The first-order valence-electron chi connectivity index (χ1n) is 4.89. The summed E-state index contributed by atoms with van der Waals surface area (Å²) in [6, 6.07) is 4.23. The molecule has 0 N–H and O–H groups in total. The second-order valence-electron chi connectivity index (χ2n) is 3.79. The van der Waals surface area contributed by atoms with E-state index in [-0.39, 0.29) is 17.7 Å². The zero-order valence-electron chi connectivity index (χ0n) is 9.16. The number of halogens is 1. The van der Waals surface area contributed by atoms with Gasteiger partial charge in [0.15, 0.2) is 0 Å². The predicted octanol–water partition coefficient (Wildman–Crippen LogP) is 2.77. The highest BCUT2D eigenvalue weighted by Crippen LogP contribution is 2.30. The molecule has 0 aliphatic heterocycles. The average molecular weight is 210 g/mol. The Morgan fingerprint density at radius 2 is 2.07 bits per heavy atom. The van der Waals surface area contributed by atoms with E-state index in [2.05, 4.69) is 0 Å². The molecule has 0 spiro atoms. The third-order valence-corrected chi connectivity index (χ3v) is 2.42. The van der Waals surface area contributed by atoms with Crippen molar-refractivity contribution in [1.82, 2.24) is 0 Å². The van der Waals surface area contributed by atoms with Crippen LogP contribution in [0.2, 0.25) is 0 Å². The molecule has 0 amide bonds. The predicted molar refractivity (Wildman–Crippen MR) is 56.6 cm³/mol. The van der Waals surface area contributed by atoms with Crippen molar-refractivity contribution in [3.63, 3.8) is 0 Å². The lowest BCUT2D eigenvalue weighted by atomic mass is 9.89. The van der Waals surface area contributed by atoms with Crippen LogP contribution in [0, 0.1) is 11.7 Å². The molecule has 0 saturated heterocycles. The molecule has 1 rings (SSSR count). The zero-order valence-corrected chi connectivity index (χ0v) is 9.16. The summed E-state index contributed by atoms with van der Waals surface area (Å²) in [5.41, 5.74) is 0.613. The summed E-state index contributed by atoms with van der Waals surface area (Å²) < 4.78 is 18.2. The molecule has 0 aliphatic carbocycles. The van der Waals surface area contributed by atoms with E-state index < -0.39 is 0 Å². The maximum atomic E-state index is 13.1. The van der Waals surface area contributed by atoms with Gasteiger partial charge in [-0.1, -0.05) is 13.8 Å². The van der Waals surface area contributed by atoms with E-state index in [4.69, 9.17) is 4.74 Å². The quantitative estimate of drug-likeness (QED) is 0.714. The summed E-state index contributed by atoms with van der Waals surface area (Å²) in [7, 11) is 1.51. The number of rotatable bonds is 4. The topological polar surface area (TPSA) is 26.3 Å². The number of carbonyl (C=O) groups is 1. The van der Waals surface area contributed by atoms with Crippen LogP contribution < -0.4 is 4.74 Å². The van der Waals surface area contributed by atoms with E-state index in [0.29, 0.717) is 11.3 Å². The van der Waals surface area contributed by atoms with E-state index in [1.54, 1.807) is 6.07 Å². The molecule has 2 nitrogen and oxygen atoms in total. The Hall–Kier alpha value is -1.38. The third-order valence-electron chi connectivity index (χ3n) is 2.42. The highest BCUT2D eigenvalue weighted by Gasteiger charge is 2.19. The van der Waals surface area contributed by atoms with Crippen LogP contribution in [0.1, 0.15) is 25.3 Å². The molecule has 0 bridgehead atoms. The molecule has 0 aliphatic rings. The van der Waals surface area contributed by atoms with Crippen LogP contribution in [-0.4, -0.2) is 13.4 Å². The van der Waals surface area contributed by atoms with Gasteiger partial charge in [0.1, 0.15) is 17.9 Å². The molecule has 0 fully saturated rings. The van der Waals surface area contributed by atoms with E-state index in [1.807, 2.05) is 13.8 Å². The number of hydrogen-bond acceptors (Lipinski definition) is 2. The van der Waals surface area contributed by atoms with Crippen LogP contribution in [0.15, 0.2) is 18.2 Å². The summed E-state index contributed by atoms with van der Waals surface area (Å²) in [5, 5.41) is 0. The summed E-state index contributed by atoms with van der Waals surface area (Å²) >= 11 is 0. The minimum atomic E-state index is -0.349. The summed E-state index contributed by atoms with van der Waals surface area (Å²) in [6.07, 6.45) is 0.835. The Bertz CT molecular complexity index is 347. The average Bonchev–Trinajstić information content (AvgIpc) is 2.18. The fraction of sp³-hybridized carbons (Fsp3) is 0.417.